The largest absolute Gasteiger partial charge is 0.397 e. The van der Waals surface area contributed by atoms with Gasteiger partial charge in [-0.1, -0.05) is 6.07 Å². The molecule has 37 heavy (non-hydrogen) atoms. The average Bonchev–Trinajstić information content (AvgIpc) is 3.41. The minimum atomic E-state index is -0.345. The van der Waals surface area contributed by atoms with E-state index < -0.39 is 0 Å². The number of aromatic nitrogens is 2. The summed E-state index contributed by atoms with van der Waals surface area (Å²) in [6, 6.07) is 7.99. The normalized spacial score (nSPS) is 21.9. The minimum Gasteiger partial charge on any atom is -0.397 e. The van der Waals surface area contributed by atoms with Gasteiger partial charge >= 0.3 is 0 Å². The van der Waals surface area contributed by atoms with E-state index in [1.807, 2.05) is 32.9 Å². The van der Waals surface area contributed by atoms with Crippen LogP contribution in [0.2, 0.25) is 0 Å². The van der Waals surface area contributed by atoms with E-state index in [4.69, 9.17) is 25.9 Å². The Morgan fingerprint density at radius 3 is 2.84 bits per heavy atom. The molecule has 4 heterocycles. The number of methoxy groups -OCH3 is 1. The molecule has 9 nitrogen and oxygen atoms in total. The quantitative estimate of drug-likeness (QED) is 0.430. The number of hydrogen-bond donors (Lipinski definition) is 3. The van der Waals surface area contributed by atoms with Crippen LogP contribution in [0.1, 0.15) is 46.9 Å². The Morgan fingerprint density at radius 2 is 2.05 bits per heavy atom. The van der Waals surface area contributed by atoms with Crippen LogP contribution >= 0.6 is 11.3 Å². The van der Waals surface area contributed by atoms with Crippen molar-refractivity contribution in [1.82, 2.24) is 15.3 Å². The lowest BCUT2D eigenvalue weighted by molar-refractivity contribution is -0.0728. The van der Waals surface area contributed by atoms with Crippen LogP contribution in [0.15, 0.2) is 24.3 Å². The van der Waals surface area contributed by atoms with E-state index in [0.717, 1.165) is 46.7 Å². The molecule has 1 aliphatic heterocycles. The summed E-state index contributed by atoms with van der Waals surface area (Å²) in [4.78, 5) is 26.1. The summed E-state index contributed by atoms with van der Waals surface area (Å²) >= 11 is 1.35. The molecule has 0 bridgehead atoms. The average molecular weight is 525 g/mol. The van der Waals surface area contributed by atoms with Crippen molar-refractivity contribution in [2.45, 2.75) is 63.8 Å². The first-order chi connectivity index (χ1) is 17.6. The molecule has 1 amide bonds. The van der Waals surface area contributed by atoms with Crippen molar-refractivity contribution in [3.63, 3.8) is 0 Å². The Balaban J connectivity index is 1.21. The highest BCUT2D eigenvalue weighted by Gasteiger charge is 2.34. The van der Waals surface area contributed by atoms with Crippen molar-refractivity contribution in [3.05, 3.63) is 46.1 Å². The van der Waals surface area contributed by atoms with E-state index >= 15 is 0 Å². The molecule has 10 heteroatoms. The van der Waals surface area contributed by atoms with E-state index in [-0.39, 0.29) is 29.7 Å². The third-order valence-corrected chi connectivity index (χ3v) is 8.47. The summed E-state index contributed by atoms with van der Waals surface area (Å²) in [7, 11) is 1.69. The van der Waals surface area contributed by atoms with Crippen molar-refractivity contribution >= 4 is 39.0 Å². The number of carbonyl (C=O) groups is 1. The standard InChI is InChI=1S/C27H36N6O3S/c1-15-5-8-18-23(29)24(37-26(18)30-15)25(34)31-17-7-9-20-16(11-17)6-10-22(32-20)33-12-19(28)21(13-33)36-14-27(2,3)35-4/h5-6,8,10,17,19,21H,7,9,11-14,28-29H2,1-4H3,(H,31,34). The summed E-state index contributed by atoms with van der Waals surface area (Å²) in [6.45, 7) is 7.83. The molecule has 5 rings (SSSR count). The summed E-state index contributed by atoms with van der Waals surface area (Å²) in [6.07, 6.45) is 2.31. The second-order valence-corrected chi connectivity index (χ2v) is 11.7. The van der Waals surface area contributed by atoms with Gasteiger partial charge in [0.15, 0.2) is 0 Å². The number of fused-ring (bicyclic) bond motifs is 2. The van der Waals surface area contributed by atoms with E-state index in [0.29, 0.717) is 30.3 Å². The molecule has 1 saturated heterocycles. The fraction of sp³-hybridized carbons (Fsp3) is 0.519. The van der Waals surface area contributed by atoms with Crippen molar-refractivity contribution in [2.24, 2.45) is 5.73 Å². The molecular formula is C27H36N6O3S. The van der Waals surface area contributed by atoms with Gasteiger partial charge < -0.3 is 31.2 Å². The molecule has 1 aliphatic carbocycles. The van der Waals surface area contributed by atoms with Crippen LogP contribution in [0.4, 0.5) is 11.5 Å². The van der Waals surface area contributed by atoms with E-state index in [1.54, 1.807) is 7.11 Å². The van der Waals surface area contributed by atoms with Crippen LogP contribution < -0.4 is 21.7 Å². The Hall–Kier alpha value is -2.79. The van der Waals surface area contributed by atoms with Crippen molar-refractivity contribution in [1.29, 1.82) is 0 Å². The zero-order valence-electron chi connectivity index (χ0n) is 21.9. The summed E-state index contributed by atoms with van der Waals surface area (Å²) in [5, 5.41) is 4.02. The lowest BCUT2D eigenvalue weighted by Gasteiger charge is -2.27. The van der Waals surface area contributed by atoms with Crippen molar-refractivity contribution in [2.75, 3.05) is 37.4 Å². The lowest BCUT2D eigenvalue weighted by Crippen LogP contribution is -2.39. The third-order valence-electron chi connectivity index (χ3n) is 7.35. The highest BCUT2D eigenvalue weighted by molar-refractivity contribution is 7.21. The van der Waals surface area contributed by atoms with Gasteiger partial charge in [-0.05, 0) is 63.8 Å². The number of hydrogen-bond acceptors (Lipinski definition) is 9. The molecule has 5 N–H and O–H groups in total. The van der Waals surface area contributed by atoms with Gasteiger partial charge in [-0.15, -0.1) is 11.3 Å². The maximum atomic E-state index is 13.1. The first-order valence-electron chi connectivity index (χ1n) is 12.8. The number of carbonyl (C=O) groups excluding carboxylic acids is 1. The molecule has 0 aromatic carbocycles. The zero-order chi connectivity index (χ0) is 26.3. The molecule has 0 spiro atoms. The van der Waals surface area contributed by atoms with Gasteiger partial charge in [-0.2, -0.15) is 0 Å². The zero-order valence-corrected chi connectivity index (χ0v) is 22.7. The number of anilines is 2. The van der Waals surface area contributed by atoms with Gasteiger partial charge in [0.2, 0.25) is 0 Å². The number of nitrogens with zero attached hydrogens (tertiary/aromatic N) is 3. The molecule has 3 aromatic heterocycles. The molecule has 2 aliphatic rings. The fourth-order valence-electron chi connectivity index (χ4n) is 4.94. The number of thiophene rings is 1. The Labute approximate surface area is 221 Å². The van der Waals surface area contributed by atoms with Crippen LogP contribution in [0.25, 0.3) is 10.2 Å². The molecule has 1 fully saturated rings. The van der Waals surface area contributed by atoms with Gasteiger partial charge in [-0.3, -0.25) is 4.79 Å². The summed E-state index contributed by atoms with van der Waals surface area (Å²) < 4.78 is 11.5. The SMILES string of the molecule is COC(C)(C)COC1CN(c2ccc3c(n2)CCC(NC(=O)c2sc4nc(C)ccc4c2N)C3)CC1N. The number of nitrogens with two attached hydrogens (primary N) is 2. The van der Waals surface area contributed by atoms with Crippen LogP contribution in [-0.4, -0.2) is 66.5 Å². The molecule has 3 aromatic rings. The Kier molecular flexibility index (Phi) is 7.10. The van der Waals surface area contributed by atoms with E-state index in [1.165, 1.54) is 16.9 Å². The number of amides is 1. The molecule has 3 unspecified atom stereocenters. The van der Waals surface area contributed by atoms with Gasteiger partial charge in [-0.25, -0.2) is 9.97 Å². The van der Waals surface area contributed by atoms with E-state index in [9.17, 15) is 4.79 Å². The summed E-state index contributed by atoms with van der Waals surface area (Å²) in [5.74, 6) is 0.791. The molecule has 0 radical (unpaired) electrons. The minimum absolute atomic E-state index is 0.0362. The highest BCUT2D eigenvalue weighted by atomic mass is 32.1. The lowest BCUT2D eigenvalue weighted by atomic mass is 9.91. The van der Waals surface area contributed by atoms with Crippen molar-refractivity contribution < 1.29 is 14.3 Å². The highest BCUT2D eigenvalue weighted by Crippen LogP contribution is 2.33. The maximum Gasteiger partial charge on any atom is 0.263 e. The third kappa shape index (κ3) is 5.43. The number of nitrogens with one attached hydrogen (secondary N) is 1. The molecule has 198 valence electrons. The first-order valence-corrected chi connectivity index (χ1v) is 13.6. The summed E-state index contributed by atoms with van der Waals surface area (Å²) in [5.41, 5.74) is 16.0. The van der Waals surface area contributed by atoms with Crippen LogP contribution in [0.3, 0.4) is 0 Å². The number of pyridine rings is 2. The van der Waals surface area contributed by atoms with E-state index in [2.05, 4.69) is 27.3 Å². The molecular weight excluding hydrogens is 488 g/mol. The van der Waals surface area contributed by atoms with Crippen molar-refractivity contribution in [3.8, 4) is 0 Å². The fourth-order valence-corrected chi connectivity index (χ4v) is 5.98. The first kappa shape index (κ1) is 25.8. The monoisotopic (exact) mass is 524 g/mol. The second kappa shape index (κ2) is 10.2. The van der Waals surface area contributed by atoms with Gasteiger partial charge in [0, 0.05) is 43.0 Å². The number of aryl methyl sites for hydroxylation is 2. The predicted octanol–water partition coefficient (Wildman–Crippen LogP) is 2.83. The topological polar surface area (TPSA) is 129 Å². The second-order valence-electron chi connectivity index (χ2n) is 10.7. The van der Waals surface area contributed by atoms with Crippen LogP contribution in [0, 0.1) is 6.92 Å². The number of ether oxygens (including phenoxy) is 2. The van der Waals surface area contributed by atoms with Gasteiger partial charge in [0.25, 0.3) is 5.91 Å². The van der Waals surface area contributed by atoms with Crippen LogP contribution in [0.5, 0.6) is 0 Å². The molecule has 0 saturated carbocycles. The van der Waals surface area contributed by atoms with Crippen LogP contribution in [-0.2, 0) is 22.3 Å². The predicted molar refractivity (Wildman–Crippen MR) is 147 cm³/mol. The van der Waals surface area contributed by atoms with Gasteiger partial charge in [0.05, 0.1) is 30.0 Å². The Bertz CT molecular complexity index is 1310. The smallest absolute Gasteiger partial charge is 0.263 e. The molecule has 3 atom stereocenters. The Morgan fingerprint density at radius 1 is 1.24 bits per heavy atom. The number of nitrogen functional groups attached to an aromatic ring is 1. The van der Waals surface area contributed by atoms with Gasteiger partial charge in [0.1, 0.15) is 15.5 Å². The number of rotatable bonds is 7. The maximum absolute atomic E-state index is 13.1.